The Hall–Kier alpha value is -4.23. The van der Waals surface area contributed by atoms with Gasteiger partial charge in [-0.3, -0.25) is 0 Å². The van der Waals surface area contributed by atoms with Gasteiger partial charge in [-0.05, 0) is 123 Å². The van der Waals surface area contributed by atoms with E-state index < -0.39 is 5.97 Å². The lowest BCUT2D eigenvalue weighted by Gasteiger charge is -2.19. The van der Waals surface area contributed by atoms with E-state index in [2.05, 4.69) is 67.2 Å². The number of unbranched alkanes of at least 4 members (excludes halogenated alkanes) is 5. The lowest BCUT2D eigenvalue weighted by Crippen LogP contribution is -2.20. The molecule has 0 spiro atoms. The number of nitrogens with zero attached hydrogens (tertiary/aromatic N) is 3. The molecule has 0 radical (unpaired) electrons. The molecule has 2 heterocycles. The molecule has 4 rings (SSSR count). The molecule has 0 unspecified atom stereocenters. The standard InChI is InChI=1S/C40H53N5O2/c1-5-6-9-15-33-26-37(29(3)44-38(33)41)24-32-14-11-12-17-35(32)27-45(4)22-13-8-7-10-16-34-25-36(28(2)43-39(34)42)23-30-18-20-31(21-19-30)40(46)47/h11-12,14,17-21,25-26H,5-10,13,15-16,22-24,27H2,1-4H3,(H2,41,44)(H2,42,43)(H,46,47). The number of nitrogens with two attached hydrogens (primary N) is 2. The molecule has 0 bridgehead atoms. The molecule has 7 nitrogen and oxygen atoms in total. The molecule has 7 heteroatoms. The van der Waals surface area contributed by atoms with Gasteiger partial charge in [-0.1, -0.05) is 81.1 Å². The van der Waals surface area contributed by atoms with Crippen molar-refractivity contribution in [3.63, 3.8) is 0 Å². The van der Waals surface area contributed by atoms with E-state index >= 15 is 0 Å². The monoisotopic (exact) mass is 635 g/mol. The van der Waals surface area contributed by atoms with Gasteiger partial charge in [0.15, 0.2) is 0 Å². The number of nitrogen functional groups attached to an aromatic ring is 2. The number of aryl methyl sites for hydroxylation is 4. The second kappa shape index (κ2) is 17.6. The van der Waals surface area contributed by atoms with E-state index in [1.54, 1.807) is 12.1 Å². The van der Waals surface area contributed by atoms with E-state index in [1.807, 2.05) is 19.1 Å². The Kier molecular flexibility index (Phi) is 13.4. The molecule has 0 aliphatic rings. The molecule has 0 amide bonds. The molecule has 4 aromatic rings. The first-order chi connectivity index (χ1) is 22.6. The maximum absolute atomic E-state index is 11.2. The fourth-order valence-corrected chi connectivity index (χ4v) is 6.24. The highest BCUT2D eigenvalue weighted by molar-refractivity contribution is 5.87. The van der Waals surface area contributed by atoms with E-state index in [9.17, 15) is 4.79 Å². The molecular formula is C40H53N5O2. The molecule has 0 aliphatic heterocycles. The molecule has 0 saturated heterocycles. The maximum Gasteiger partial charge on any atom is 0.335 e. The van der Waals surface area contributed by atoms with Crippen molar-refractivity contribution in [2.45, 2.75) is 97.9 Å². The minimum Gasteiger partial charge on any atom is -0.478 e. The quantitative estimate of drug-likeness (QED) is 0.0945. The van der Waals surface area contributed by atoms with Crippen LogP contribution in [0.4, 0.5) is 11.6 Å². The summed E-state index contributed by atoms with van der Waals surface area (Å²) < 4.78 is 0. The second-order valence-electron chi connectivity index (χ2n) is 13.0. The summed E-state index contributed by atoms with van der Waals surface area (Å²) in [5.74, 6) is 0.385. The van der Waals surface area contributed by atoms with Crippen LogP contribution in [0, 0.1) is 13.8 Å². The largest absolute Gasteiger partial charge is 0.478 e. The molecule has 0 fully saturated rings. The van der Waals surface area contributed by atoms with Gasteiger partial charge in [0.05, 0.1) is 5.56 Å². The van der Waals surface area contributed by atoms with E-state index in [1.165, 1.54) is 41.5 Å². The molecule has 0 aliphatic carbocycles. The first kappa shape index (κ1) is 35.6. The number of rotatable bonds is 18. The Bertz CT molecular complexity index is 1620. The second-order valence-corrected chi connectivity index (χ2v) is 13.0. The van der Waals surface area contributed by atoms with Crippen LogP contribution < -0.4 is 11.5 Å². The van der Waals surface area contributed by atoms with Crippen LogP contribution in [0.3, 0.4) is 0 Å². The van der Waals surface area contributed by atoms with Crippen molar-refractivity contribution < 1.29 is 9.90 Å². The Morgan fingerprint density at radius 1 is 0.702 bits per heavy atom. The highest BCUT2D eigenvalue weighted by Crippen LogP contribution is 2.24. The Balaban J connectivity index is 1.24. The highest BCUT2D eigenvalue weighted by Gasteiger charge is 2.12. The third-order valence-electron chi connectivity index (χ3n) is 9.18. The van der Waals surface area contributed by atoms with Gasteiger partial charge in [-0.2, -0.15) is 0 Å². The van der Waals surface area contributed by atoms with E-state index in [-0.39, 0.29) is 0 Å². The van der Waals surface area contributed by atoms with Crippen LogP contribution in [0.15, 0.2) is 60.7 Å². The van der Waals surface area contributed by atoms with Gasteiger partial charge in [0.2, 0.25) is 0 Å². The molecule has 250 valence electrons. The number of aromatic carboxylic acids is 1. The summed E-state index contributed by atoms with van der Waals surface area (Å²) in [5, 5.41) is 9.17. The number of anilines is 2. The zero-order valence-electron chi connectivity index (χ0n) is 28.8. The zero-order valence-corrected chi connectivity index (χ0v) is 28.8. The van der Waals surface area contributed by atoms with E-state index in [0.29, 0.717) is 23.6 Å². The summed E-state index contributed by atoms with van der Waals surface area (Å²) in [6.07, 6.45) is 11.6. The van der Waals surface area contributed by atoms with Crippen LogP contribution in [0.1, 0.15) is 113 Å². The smallest absolute Gasteiger partial charge is 0.335 e. The van der Waals surface area contributed by atoms with Gasteiger partial charge in [0.25, 0.3) is 0 Å². The Labute approximate surface area is 281 Å². The maximum atomic E-state index is 11.2. The van der Waals surface area contributed by atoms with Gasteiger partial charge in [0, 0.05) is 17.9 Å². The summed E-state index contributed by atoms with van der Waals surface area (Å²) in [6.45, 7) is 8.26. The van der Waals surface area contributed by atoms with Crippen molar-refractivity contribution in [2.24, 2.45) is 0 Å². The van der Waals surface area contributed by atoms with Crippen molar-refractivity contribution in [1.82, 2.24) is 14.9 Å². The van der Waals surface area contributed by atoms with Crippen molar-refractivity contribution in [3.8, 4) is 0 Å². The number of hydrogen-bond acceptors (Lipinski definition) is 6. The Morgan fingerprint density at radius 3 is 1.85 bits per heavy atom. The highest BCUT2D eigenvalue weighted by atomic mass is 16.4. The number of aromatic nitrogens is 2. The van der Waals surface area contributed by atoms with Gasteiger partial charge >= 0.3 is 5.97 Å². The van der Waals surface area contributed by atoms with Crippen LogP contribution in [0.2, 0.25) is 0 Å². The van der Waals surface area contributed by atoms with Gasteiger partial charge in [-0.25, -0.2) is 14.8 Å². The lowest BCUT2D eigenvalue weighted by atomic mass is 9.96. The predicted octanol–water partition coefficient (Wildman–Crippen LogP) is 8.11. The fraction of sp³-hybridized carbons (Fsp3) is 0.425. The average molecular weight is 636 g/mol. The summed E-state index contributed by atoms with van der Waals surface area (Å²) in [5.41, 5.74) is 23.3. The van der Waals surface area contributed by atoms with Crippen LogP contribution >= 0.6 is 0 Å². The molecule has 0 atom stereocenters. The molecule has 2 aromatic heterocycles. The zero-order chi connectivity index (χ0) is 33.8. The third kappa shape index (κ3) is 10.6. The molecule has 0 saturated carbocycles. The predicted molar refractivity (Wildman–Crippen MR) is 194 cm³/mol. The summed E-state index contributed by atoms with van der Waals surface area (Å²) in [6, 6.07) is 20.3. The van der Waals surface area contributed by atoms with Crippen molar-refractivity contribution >= 4 is 17.6 Å². The molecular weight excluding hydrogens is 582 g/mol. The molecule has 5 N–H and O–H groups in total. The van der Waals surface area contributed by atoms with Crippen LogP contribution in [0.25, 0.3) is 0 Å². The SMILES string of the molecule is CCCCCc1cc(Cc2ccccc2CN(C)CCCCCCc2cc(Cc3ccc(C(=O)O)cc3)c(C)nc2N)c(C)nc1N. The van der Waals surface area contributed by atoms with Crippen LogP contribution in [0.5, 0.6) is 0 Å². The number of carbonyl (C=O) groups is 1. The number of hydrogen-bond donors (Lipinski definition) is 3. The number of carboxylic acids is 1. The minimum atomic E-state index is -0.911. The van der Waals surface area contributed by atoms with Gasteiger partial charge in [-0.15, -0.1) is 0 Å². The van der Waals surface area contributed by atoms with E-state index in [4.69, 9.17) is 21.6 Å². The van der Waals surface area contributed by atoms with Crippen LogP contribution in [-0.2, 0) is 32.2 Å². The van der Waals surface area contributed by atoms with E-state index in [0.717, 1.165) is 86.1 Å². The Morgan fingerprint density at radius 2 is 1.26 bits per heavy atom. The summed E-state index contributed by atoms with van der Waals surface area (Å²) in [4.78, 5) is 22.9. The lowest BCUT2D eigenvalue weighted by molar-refractivity contribution is 0.0697. The summed E-state index contributed by atoms with van der Waals surface area (Å²) in [7, 11) is 2.22. The number of carboxylic acid groups (broad SMARTS) is 1. The minimum absolute atomic E-state index is 0.297. The van der Waals surface area contributed by atoms with Gasteiger partial charge < -0.3 is 21.5 Å². The average Bonchev–Trinajstić information content (AvgIpc) is 3.04. The number of benzene rings is 2. The van der Waals surface area contributed by atoms with Crippen molar-refractivity contribution in [1.29, 1.82) is 0 Å². The molecule has 2 aromatic carbocycles. The fourth-order valence-electron chi connectivity index (χ4n) is 6.24. The number of pyridine rings is 2. The van der Waals surface area contributed by atoms with Crippen LogP contribution in [-0.4, -0.2) is 39.5 Å². The normalized spacial score (nSPS) is 11.3. The van der Waals surface area contributed by atoms with Crippen molar-refractivity contribution in [2.75, 3.05) is 25.1 Å². The summed E-state index contributed by atoms with van der Waals surface area (Å²) >= 11 is 0. The topological polar surface area (TPSA) is 118 Å². The first-order valence-corrected chi connectivity index (χ1v) is 17.2. The third-order valence-corrected chi connectivity index (χ3v) is 9.18. The van der Waals surface area contributed by atoms with Crippen molar-refractivity contribution in [3.05, 3.63) is 117 Å². The molecule has 47 heavy (non-hydrogen) atoms. The van der Waals surface area contributed by atoms with Gasteiger partial charge in [0.1, 0.15) is 11.6 Å². The first-order valence-electron chi connectivity index (χ1n) is 17.2.